The van der Waals surface area contributed by atoms with Gasteiger partial charge in [-0.3, -0.25) is 0 Å². The highest BCUT2D eigenvalue weighted by atomic mass is 15.1. The van der Waals surface area contributed by atoms with Crippen LogP contribution < -0.4 is 21.3 Å². The van der Waals surface area contributed by atoms with Crippen molar-refractivity contribution in [1.82, 2.24) is 10.3 Å². The highest BCUT2D eigenvalue weighted by Crippen LogP contribution is 2.25. The van der Waals surface area contributed by atoms with Gasteiger partial charge < -0.3 is 21.3 Å². The maximum absolute atomic E-state index is 4.71. The first-order valence-electron chi connectivity index (χ1n) is 10.9. The molecule has 0 saturated carbocycles. The molecule has 2 aromatic carbocycles. The Balaban J connectivity index is 1.70. The van der Waals surface area contributed by atoms with Crippen LogP contribution in [-0.4, -0.2) is 18.1 Å². The van der Waals surface area contributed by atoms with E-state index in [1.165, 1.54) is 11.1 Å². The zero-order valence-electron chi connectivity index (χ0n) is 18.8. The van der Waals surface area contributed by atoms with Crippen LogP contribution in [0.2, 0.25) is 0 Å². The van der Waals surface area contributed by atoms with Crippen molar-refractivity contribution in [3.63, 3.8) is 0 Å². The van der Waals surface area contributed by atoms with Gasteiger partial charge in [0.15, 0.2) is 0 Å². The Bertz CT molecular complexity index is 1010. The molecule has 0 aliphatic carbocycles. The number of para-hydroxylation sites is 1. The van der Waals surface area contributed by atoms with Gasteiger partial charge in [0.05, 0.1) is 0 Å². The van der Waals surface area contributed by atoms with Crippen molar-refractivity contribution >= 4 is 28.7 Å². The molecule has 162 valence electrons. The number of hydrogen-bond donors (Lipinski definition) is 4. The topological polar surface area (TPSA) is 61.0 Å². The van der Waals surface area contributed by atoms with E-state index >= 15 is 0 Å². The van der Waals surface area contributed by atoms with Crippen LogP contribution in [0.5, 0.6) is 0 Å². The van der Waals surface area contributed by atoms with Gasteiger partial charge in [0.25, 0.3) is 0 Å². The molecule has 0 radical (unpaired) electrons. The molecule has 1 heterocycles. The molecular formula is C26H33N5. The van der Waals surface area contributed by atoms with Gasteiger partial charge >= 0.3 is 0 Å². The lowest BCUT2D eigenvalue weighted by Gasteiger charge is -2.15. The van der Waals surface area contributed by atoms with Gasteiger partial charge in [-0.25, -0.2) is 4.98 Å². The number of benzene rings is 2. The second-order valence-electron chi connectivity index (χ2n) is 7.53. The van der Waals surface area contributed by atoms with Gasteiger partial charge in [-0.2, -0.15) is 0 Å². The van der Waals surface area contributed by atoms with Gasteiger partial charge in [0.1, 0.15) is 11.6 Å². The summed E-state index contributed by atoms with van der Waals surface area (Å²) in [6.07, 6.45) is 1.07. The van der Waals surface area contributed by atoms with Gasteiger partial charge in [-0.05, 0) is 61.3 Å². The molecule has 0 amide bonds. The van der Waals surface area contributed by atoms with E-state index in [1.54, 1.807) is 0 Å². The molecule has 3 aromatic rings. The minimum atomic E-state index is 0.751. The lowest BCUT2D eigenvalue weighted by atomic mass is 10.1. The highest BCUT2D eigenvalue weighted by Gasteiger charge is 2.07. The second-order valence-corrected chi connectivity index (χ2v) is 7.53. The van der Waals surface area contributed by atoms with Crippen molar-refractivity contribution in [2.45, 2.75) is 33.7 Å². The van der Waals surface area contributed by atoms with Crippen LogP contribution in [0, 0.1) is 6.92 Å². The van der Waals surface area contributed by atoms with Crippen molar-refractivity contribution in [1.29, 1.82) is 0 Å². The van der Waals surface area contributed by atoms with Crippen molar-refractivity contribution < 1.29 is 0 Å². The maximum Gasteiger partial charge on any atom is 0.132 e. The number of hydrogen-bond acceptors (Lipinski definition) is 5. The van der Waals surface area contributed by atoms with Crippen molar-refractivity contribution in [2.24, 2.45) is 0 Å². The van der Waals surface area contributed by atoms with E-state index in [9.17, 15) is 0 Å². The first-order chi connectivity index (χ1) is 15.1. The van der Waals surface area contributed by atoms with Crippen LogP contribution in [0.1, 0.15) is 37.0 Å². The summed E-state index contributed by atoms with van der Waals surface area (Å²) in [7, 11) is 0. The summed E-state index contributed by atoms with van der Waals surface area (Å²) in [5, 5.41) is 13.6. The van der Waals surface area contributed by atoms with E-state index in [-0.39, 0.29) is 0 Å². The molecule has 0 bridgehead atoms. The Morgan fingerprint density at radius 2 is 1.77 bits per heavy atom. The summed E-state index contributed by atoms with van der Waals surface area (Å²) in [6.45, 7) is 13.4. The molecule has 5 heteroatoms. The molecule has 4 N–H and O–H groups in total. The SMILES string of the molecule is C=C(Nc1cccc(Nc2ccc(CNCC)c(C)c2)n1)c1ccccc1NCCC. The highest BCUT2D eigenvalue weighted by molar-refractivity contribution is 5.81. The summed E-state index contributed by atoms with van der Waals surface area (Å²) >= 11 is 0. The number of pyridine rings is 1. The first-order valence-corrected chi connectivity index (χ1v) is 10.9. The van der Waals surface area contributed by atoms with Crippen LogP contribution in [0.4, 0.5) is 23.0 Å². The Hall–Kier alpha value is -3.31. The Morgan fingerprint density at radius 3 is 2.55 bits per heavy atom. The van der Waals surface area contributed by atoms with E-state index < -0.39 is 0 Å². The minimum Gasteiger partial charge on any atom is -0.385 e. The van der Waals surface area contributed by atoms with Crippen LogP contribution in [0.3, 0.4) is 0 Å². The molecule has 0 aliphatic heterocycles. The molecular weight excluding hydrogens is 382 g/mol. The number of rotatable bonds is 11. The van der Waals surface area contributed by atoms with Gasteiger partial charge in [-0.15, -0.1) is 0 Å². The van der Waals surface area contributed by atoms with Crippen molar-refractivity contribution in [3.8, 4) is 0 Å². The quantitative estimate of drug-likeness (QED) is 0.303. The molecule has 0 unspecified atom stereocenters. The lowest BCUT2D eigenvalue weighted by molar-refractivity contribution is 0.724. The number of nitrogens with one attached hydrogen (secondary N) is 4. The number of aromatic nitrogens is 1. The second kappa shape index (κ2) is 11.2. The van der Waals surface area contributed by atoms with E-state index in [0.29, 0.717) is 0 Å². The largest absolute Gasteiger partial charge is 0.385 e. The summed E-state index contributed by atoms with van der Waals surface area (Å²) in [5.41, 5.74) is 6.52. The van der Waals surface area contributed by atoms with E-state index in [2.05, 4.69) is 78.9 Å². The fourth-order valence-electron chi connectivity index (χ4n) is 3.34. The Kier molecular flexibility index (Phi) is 8.07. The number of nitrogens with zero attached hydrogens (tertiary/aromatic N) is 1. The molecule has 31 heavy (non-hydrogen) atoms. The van der Waals surface area contributed by atoms with Crippen molar-refractivity contribution in [3.05, 3.63) is 83.9 Å². The zero-order valence-corrected chi connectivity index (χ0v) is 18.8. The van der Waals surface area contributed by atoms with Gasteiger partial charge in [0, 0.05) is 35.7 Å². The molecule has 0 saturated heterocycles. The molecule has 0 fully saturated rings. The monoisotopic (exact) mass is 415 g/mol. The summed E-state index contributed by atoms with van der Waals surface area (Å²) in [4.78, 5) is 4.71. The summed E-state index contributed by atoms with van der Waals surface area (Å²) < 4.78 is 0. The average molecular weight is 416 g/mol. The molecule has 3 rings (SSSR count). The van der Waals surface area contributed by atoms with Crippen molar-refractivity contribution in [2.75, 3.05) is 29.0 Å². The average Bonchev–Trinajstić information content (AvgIpc) is 2.77. The fourth-order valence-corrected chi connectivity index (χ4v) is 3.34. The molecule has 1 aromatic heterocycles. The molecule has 0 atom stereocenters. The smallest absolute Gasteiger partial charge is 0.132 e. The summed E-state index contributed by atoms with van der Waals surface area (Å²) in [6, 6.07) is 20.5. The standard InChI is InChI=1S/C26H33N5/c1-5-16-28-24-11-8-7-10-23(24)20(4)29-25-12-9-13-26(31-25)30-22-15-14-21(18-27-6-2)19(3)17-22/h7-15,17,27-28H,4-6,16,18H2,1-3H3,(H2,29,30,31). The maximum atomic E-state index is 4.71. The lowest BCUT2D eigenvalue weighted by Crippen LogP contribution is -2.12. The summed E-state index contributed by atoms with van der Waals surface area (Å²) in [5.74, 6) is 1.54. The Labute approximate surface area is 186 Å². The molecule has 5 nitrogen and oxygen atoms in total. The first kappa shape index (κ1) is 22.4. The van der Waals surface area contributed by atoms with Crippen LogP contribution >= 0.6 is 0 Å². The molecule has 0 spiro atoms. The van der Waals surface area contributed by atoms with Gasteiger partial charge in [0.2, 0.25) is 0 Å². The predicted molar refractivity (Wildman–Crippen MR) is 134 cm³/mol. The third-order valence-electron chi connectivity index (χ3n) is 5.03. The van der Waals surface area contributed by atoms with E-state index in [1.807, 2.05) is 30.3 Å². The fraction of sp³-hybridized carbons (Fsp3) is 0.269. The predicted octanol–water partition coefficient (Wildman–Crippen LogP) is 6.15. The third-order valence-corrected chi connectivity index (χ3v) is 5.03. The number of aryl methyl sites for hydroxylation is 1. The van der Waals surface area contributed by atoms with Crippen LogP contribution in [0.25, 0.3) is 5.70 Å². The normalized spacial score (nSPS) is 10.5. The molecule has 0 aliphatic rings. The van der Waals surface area contributed by atoms with E-state index in [4.69, 9.17) is 4.98 Å². The number of anilines is 4. The minimum absolute atomic E-state index is 0.751. The van der Waals surface area contributed by atoms with Crippen LogP contribution in [-0.2, 0) is 6.54 Å². The third kappa shape index (κ3) is 6.33. The van der Waals surface area contributed by atoms with Gasteiger partial charge in [-0.1, -0.05) is 50.8 Å². The Morgan fingerprint density at radius 1 is 0.968 bits per heavy atom. The zero-order chi connectivity index (χ0) is 22.1. The van der Waals surface area contributed by atoms with Crippen LogP contribution in [0.15, 0.2) is 67.2 Å². The van der Waals surface area contributed by atoms with E-state index in [0.717, 1.165) is 60.3 Å².